The number of nitrogens with one attached hydrogen (secondary N) is 1. The van der Waals surface area contributed by atoms with Crippen molar-refractivity contribution in [2.75, 3.05) is 133 Å². The summed E-state index contributed by atoms with van der Waals surface area (Å²) in [5, 5.41) is 9.95. The molecule has 1 aromatic carbocycles. The van der Waals surface area contributed by atoms with Crippen molar-refractivity contribution in [1.29, 1.82) is 2.86 Å². The Bertz CT molecular complexity index is 3050. The van der Waals surface area contributed by atoms with Gasteiger partial charge in [-0.1, -0.05) is 138 Å². The van der Waals surface area contributed by atoms with Crippen molar-refractivity contribution >= 4 is 35.9 Å². The molecule has 1 aromatic rings. The summed E-state index contributed by atoms with van der Waals surface area (Å²) in [6, 6.07) is 0.863. The highest BCUT2D eigenvalue weighted by Crippen LogP contribution is 2.68. The molecule has 3 N–H and O–H groups in total. The highest BCUT2D eigenvalue weighted by molar-refractivity contribution is 7.45. The van der Waals surface area contributed by atoms with E-state index in [0.29, 0.717) is 124 Å². The topological polar surface area (TPSA) is 230 Å². The summed E-state index contributed by atoms with van der Waals surface area (Å²) in [5.41, 5.74) is 7.05. The summed E-state index contributed by atoms with van der Waals surface area (Å²) in [7, 11) is -0.247. The summed E-state index contributed by atoms with van der Waals surface area (Å²) < 4.78 is 115. The number of nitrogens with zero attached hydrogens (tertiary/aromatic N) is 4. The van der Waals surface area contributed by atoms with E-state index in [0.717, 1.165) is 109 Å². The van der Waals surface area contributed by atoms with Crippen molar-refractivity contribution in [3.63, 3.8) is 0 Å². The summed E-state index contributed by atoms with van der Waals surface area (Å²) >= 11 is 0. The van der Waals surface area contributed by atoms with Gasteiger partial charge in [0.05, 0.1) is 98.1 Å². The first-order valence-electron chi connectivity index (χ1n) is 49.9. The van der Waals surface area contributed by atoms with Crippen LogP contribution in [0.25, 0.3) is 0 Å². The fourth-order valence-corrected chi connectivity index (χ4v) is 22.3. The maximum atomic E-state index is 12.8. The monoisotopic (exact) mass is 1770 g/mol. The molecule has 0 saturated heterocycles. The highest BCUT2D eigenvalue weighted by atomic mass is 31.2. The molecule has 15 atom stereocenters. The minimum absolute atomic E-state index is 0.0379. The van der Waals surface area contributed by atoms with Gasteiger partial charge in [0.1, 0.15) is 29.8 Å². The fourth-order valence-electron chi connectivity index (χ4n) is 19.3. The zero-order chi connectivity index (χ0) is 93.6. The van der Waals surface area contributed by atoms with Crippen LogP contribution in [0.5, 0.6) is 11.5 Å². The quantitative estimate of drug-likeness (QED) is 0.0181. The van der Waals surface area contributed by atoms with Gasteiger partial charge in [0.15, 0.2) is 12.8 Å². The third-order valence-electron chi connectivity index (χ3n) is 25.8. The number of fused-ring (bicyclic) bond motifs is 6. The molecule has 122 heavy (non-hydrogen) atoms. The van der Waals surface area contributed by atoms with Gasteiger partial charge in [-0.15, -0.1) is 0 Å². The first kappa shape index (κ1) is 106. The Morgan fingerprint density at radius 1 is 0.590 bits per heavy atom. The Labute approximate surface area is 754 Å². The van der Waals surface area contributed by atoms with E-state index in [1.54, 1.807) is 5.57 Å². The maximum Gasteiger partial charge on any atom is 0.407 e. The summed E-state index contributed by atoms with van der Waals surface area (Å²) in [6.45, 7) is 60.2. The first-order chi connectivity index (χ1) is 60.2. The number of ether oxygens (including phenoxy) is 10. The molecule has 0 bridgehead atoms. The van der Waals surface area contributed by atoms with Gasteiger partial charge in [0.25, 0.3) is 0 Å². The number of aliphatic hydroxyl groups excluding tert-OH is 2. The van der Waals surface area contributed by atoms with E-state index in [9.17, 15) is 4.79 Å². The number of carbonyl (C=O) groups excluding carboxylic acids is 1. The molecular formula is C98H185N5O17P2. The van der Waals surface area contributed by atoms with Crippen LogP contribution in [0.3, 0.4) is 0 Å². The van der Waals surface area contributed by atoms with Crippen LogP contribution >= 0.6 is 17.1 Å². The van der Waals surface area contributed by atoms with Crippen LogP contribution in [0.15, 0.2) is 21.6 Å². The third kappa shape index (κ3) is 40.6. The van der Waals surface area contributed by atoms with Gasteiger partial charge in [-0.05, 0) is 269 Å². The number of alkyl carbamates (subject to hydrolysis) is 1. The van der Waals surface area contributed by atoms with Crippen LogP contribution in [0.4, 0.5) is 4.79 Å². The number of allylic oxidation sites excluding steroid dienone is 1. The lowest BCUT2D eigenvalue weighted by atomic mass is 9.47. The number of hydrogen-bond donors (Lipinski definition) is 3. The normalized spacial score (nSPS) is 23.5. The van der Waals surface area contributed by atoms with Crippen molar-refractivity contribution in [1.82, 2.24) is 14.7 Å². The van der Waals surface area contributed by atoms with Crippen molar-refractivity contribution < 1.29 is 83.2 Å². The largest absolute Gasteiger partial charge is 0.491 e. The standard InChI is InChI=1S/C49H90N3O8P.C47H87N2O7P.2CH4O/c1-12-50-35-58-61(52(37(4)5)38(6)7)60-40(9)34-57-32-31-56-30-29-55-28-27-54-26-14-25-51-47(53)59-42-21-23-48(10)41(33-42)17-18-43-45-20-19-44(39(8)16-13-15-36(2)3)49(45,11)24-22-46(43)48;1-15-48-34-54-57(49(36(4)5)37(6)7)56-40(10)33-52-30-29-50-27-28-51-31-32-53-45-41(11)42(12)46-44(43(45)13)24-26-47(14,55-46)25-18-23-39(9)22-17-21-38(8)20-16-19-35(2)3;2*1-2/h17,35-40,42-46H,12-16,18-34H2,1-11H3,(H,51,53);34-40H,15-33H2,1-14H3;2*2H,1H3/t39-,40?,42+,43?,44?,45?,46?,48+,49-,61?;;;/m1.../s1/i9D;10D;2*2T. The molecule has 0 radical (unpaired) electrons. The van der Waals surface area contributed by atoms with Crippen LogP contribution in [0.2, 0.25) is 0 Å². The second-order valence-corrected chi connectivity index (χ2v) is 40.5. The molecule has 6 rings (SSSR count). The first-order valence-corrected chi connectivity index (χ1v) is 50.0. The molecule has 3 fully saturated rings. The Hall–Kier alpha value is -2.89. The number of benzene rings is 1. The van der Waals surface area contributed by atoms with E-state index in [1.165, 1.54) is 146 Å². The molecule has 714 valence electrons. The number of carbonyl (C=O) groups is 1. The van der Waals surface area contributed by atoms with E-state index in [-0.39, 0.29) is 67.8 Å². The second kappa shape index (κ2) is 63.2. The van der Waals surface area contributed by atoms with Crippen LogP contribution in [-0.2, 0) is 62.4 Å². The van der Waals surface area contributed by atoms with Gasteiger partial charge < -0.3 is 81.0 Å². The van der Waals surface area contributed by atoms with Gasteiger partial charge in [-0.2, -0.15) is 0 Å². The predicted molar refractivity (Wildman–Crippen MR) is 506 cm³/mol. The second-order valence-electron chi connectivity index (χ2n) is 37.8. The molecule has 0 spiro atoms. The molecule has 0 aromatic heterocycles. The maximum absolute atomic E-state index is 12.8. The lowest BCUT2D eigenvalue weighted by molar-refractivity contribution is -0.0581. The van der Waals surface area contributed by atoms with E-state index >= 15 is 0 Å². The van der Waals surface area contributed by atoms with Crippen molar-refractivity contribution in [2.45, 2.75) is 369 Å². The number of amides is 1. The fraction of sp³-hybridized carbons (Fsp3) is 0.888. The number of aliphatic imine (C=N–C) groups is 2. The van der Waals surface area contributed by atoms with Crippen molar-refractivity contribution in [3.05, 3.63) is 33.9 Å². The molecule has 1 amide bonds. The molecule has 1 heterocycles. The molecule has 1 aliphatic heterocycles. The molecule has 3 saturated carbocycles. The molecular weight excluding hydrogens is 1580 g/mol. The van der Waals surface area contributed by atoms with Crippen molar-refractivity contribution in [3.8, 4) is 11.5 Å². The van der Waals surface area contributed by atoms with Gasteiger partial charge in [-0.25, -0.2) is 14.1 Å². The Kier molecular flexibility index (Phi) is 55.0. The van der Waals surface area contributed by atoms with E-state index in [2.05, 4.69) is 186 Å². The molecule has 5 aliphatic rings. The molecule has 24 heteroatoms. The Morgan fingerprint density at radius 2 is 1.07 bits per heavy atom. The number of aliphatic hydroxyl groups is 2. The van der Waals surface area contributed by atoms with Crippen LogP contribution in [0.1, 0.15) is 319 Å². The zero-order valence-corrected chi connectivity index (χ0v) is 83.8. The number of rotatable bonds is 61. The smallest absolute Gasteiger partial charge is 0.407 e. The van der Waals surface area contributed by atoms with Crippen molar-refractivity contribution in [2.24, 2.45) is 74.1 Å². The van der Waals surface area contributed by atoms with Gasteiger partial charge in [0, 0.05) is 79.4 Å². The van der Waals surface area contributed by atoms with Gasteiger partial charge in [-0.3, -0.25) is 9.98 Å². The molecule has 11 unspecified atom stereocenters. The Morgan fingerprint density at radius 3 is 1.56 bits per heavy atom. The molecule has 22 nitrogen and oxygen atoms in total. The molecule has 4 aliphatic carbocycles. The van der Waals surface area contributed by atoms with Crippen LogP contribution < -0.4 is 14.8 Å². The van der Waals surface area contributed by atoms with E-state index in [1.807, 2.05) is 13.8 Å². The lowest BCUT2D eigenvalue weighted by Crippen LogP contribution is -2.51. The average Bonchev–Trinajstić information content (AvgIpc) is 1.48. The average molecular weight is 1770 g/mol. The predicted octanol–water partition coefficient (Wildman–Crippen LogP) is 23.0. The summed E-state index contributed by atoms with van der Waals surface area (Å²) in [5.74, 6) is 9.50. The number of hydrogen-bond acceptors (Lipinski definition) is 21. The summed E-state index contributed by atoms with van der Waals surface area (Å²) in [6.07, 6.45) is 32.9. The van der Waals surface area contributed by atoms with Crippen LogP contribution in [0, 0.1) is 84.9 Å². The minimum atomic E-state index is -1.42. The third-order valence-corrected chi connectivity index (χ3v) is 29.9. The SMILES string of the molecule is [2H]CC(COCCOCCOCCOCCCNC(=O)O[C@H]1CC[C@@]2(C)C(=CCC3C4CCC([C@H](C)CCCC(C)C)[C@@]4(C)CCC32)C1)OP(OC=NCC)N(C(C)C)C(C)C.[2H]CC(COCCOCCOCCOc1c(C)c(C)c2c(c1C)CCC(C)(CCCC(C)CCCC(C)CCCC(C)C)O2)OP(OC=NCC)N(C(C)C)C(C)C.[3H]OC.[3H]OC. The van der Waals surface area contributed by atoms with E-state index in [4.69, 9.17) is 71.1 Å². The Balaban J connectivity index is 0.000000613. The highest BCUT2D eigenvalue weighted by Gasteiger charge is 2.59. The summed E-state index contributed by atoms with van der Waals surface area (Å²) in [4.78, 5) is 21.1. The van der Waals surface area contributed by atoms with E-state index < -0.39 is 29.3 Å². The van der Waals surface area contributed by atoms with Crippen LogP contribution in [-0.4, -0.2) is 222 Å². The minimum Gasteiger partial charge on any atom is -0.491 e. The zero-order valence-electron chi connectivity index (χ0n) is 86.0. The van der Waals surface area contributed by atoms with Gasteiger partial charge in [0.2, 0.25) is 2.86 Å². The lowest BCUT2D eigenvalue weighted by Gasteiger charge is -2.58. The van der Waals surface area contributed by atoms with Gasteiger partial charge >= 0.3 is 23.1 Å².